The molecule has 1 aliphatic heterocycles. The van der Waals surface area contributed by atoms with Gasteiger partial charge < -0.3 is 0 Å². The molecule has 5 aliphatic rings. The molecular formula is C21H28O4W. The van der Waals surface area contributed by atoms with Crippen LogP contribution in [-0.4, -0.2) is 34.5 Å². The number of rotatable bonds is 1. The van der Waals surface area contributed by atoms with Crippen LogP contribution in [0.3, 0.4) is 0 Å². The third-order valence-corrected chi connectivity index (χ3v) is 11.5. The summed E-state index contributed by atoms with van der Waals surface area (Å²) in [5.41, 5.74) is -0.501. The summed E-state index contributed by atoms with van der Waals surface area (Å²) >= 11 is 1.60. The summed E-state index contributed by atoms with van der Waals surface area (Å²) in [5, 5.41) is 0. The first kappa shape index (κ1) is 17.7. The van der Waals surface area contributed by atoms with Crippen molar-refractivity contribution in [3.63, 3.8) is 0 Å². The average molecular weight is 528 g/mol. The molecule has 1 heterocycles. The number of fused-ring (bicyclic) bond motifs is 6. The van der Waals surface area contributed by atoms with Crippen molar-refractivity contribution in [2.24, 2.45) is 34.5 Å². The molecule has 0 aromatic heterocycles. The van der Waals surface area contributed by atoms with Crippen molar-refractivity contribution in [1.82, 2.24) is 0 Å². The van der Waals surface area contributed by atoms with Gasteiger partial charge in [0.2, 0.25) is 0 Å². The molecule has 0 radical (unpaired) electrons. The number of methoxy groups -OCH3 is 1. The van der Waals surface area contributed by atoms with E-state index in [1.54, 1.807) is 23.3 Å². The fourth-order valence-corrected chi connectivity index (χ4v) is 9.09. The van der Waals surface area contributed by atoms with Gasteiger partial charge >= 0.3 is 166 Å². The first-order chi connectivity index (χ1) is 12.3. The molecule has 0 amide bonds. The van der Waals surface area contributed by atoms with Gasteiger partial charge in [-0.1, -0.05) is 0 Å². The van der Waals surface area contributed by atoms with E-state index in [4.69, 9.17) is 9.47 Å². The second-order valence-corrected chi connectivity index (χ2v) is 11.7. The maximum absolute atomic E-state index is 13.0. The first-order valence-electron chi connectivity index (χ1n) is 10.1. The standard InChI is InChI=1S/C21H28O4.W/c1-19-7-4-5-14(19)16-13-10-21(25-18(13)23)9-12(22)6-8-20(21,2)17(16)15(11-19)24-3;/h13-17H,4-6,8-11H2,1-3H3;/t13-,14?,15?,16?,17?,19?,20?,21+;/m1./s1. The van der Waals surface area contributed by atoms with E-state index < -0.39 is 5.60 Å². The number of hydrogen-bond donors (Lipinski definition) is 0. The Hall–Kier alpha value is -0.342. The van der Waals surface area contributed by atoms with Crippen molar-refractivity contribution in [2.45, 2.75) is 70.5 Å². The molecule has 5 rings (SSSR count). The summed E-state index contributed by atoms with van der Waals surface area (Å²) in [7, 11) is 1.84. The first-order valence-corrected chi connectivity index (χ1v) is 11.5. The molecule has 5 fully saturated rings. The van der Waals surface area contributed by atoms with Crippen LogP contribution < -0.4 is 0 Å². The molecule has 0 aromatic rings. The summed E-state index contributed by atoms with van der Waals surface area (Å²) in [6, 6.07) is 0. The predicted molar refractivity (Wildman–Crippen MR) is 92.1 cm³/mol. The molecule has 6 unspecified atom stereocenters. The second-order valence-electron chi connectivity index (χ2n) is 9.93. The number of carbonyl (C=O) groups excluding carboxylic acids is 2. The Kier molecular flexibility index (Phi) is 3.67. The Balaban J connectivity index is 1.68. The molecule has 4 aliphatic carbocycles. The van der Waals surface area contributed by atoms with Crippen LogP contribution in [0.5, 0.6) is 0 Å². The summed E-state index contributed by atoms with van der Waals surface area (Å²) in [6.45, 7) is 4.72. The molecule has 1 spiro atoms. The molecule has 4 saturated carbocycles. The summed E-state index contributed by atoms with van der Waals surface area (Å²) < 4.78 is 13.9. The van der Waals surface area contributed by atoms with Gasteiger partial charge in [0.1, 0.15) is 0 Å². The SMILES string of the molecule is COC1CC2(C)[C](=[W])CCC2C2C1C1(C)CCC(=O)C[C@]13C[C@H]2C(=O)O3. The van der Waals surface area contributed by atoms with Crippen molar-refractivity contribution < 1.29 is 38.4 Å². The quantitative estimate of drug-likeness (QED) is 0.492. The van der Waals surface area contributed by atoms with Gasteiger partial charge in [0.05, 0.1) is 0 Å². The van der Waals surface area contributed by atoms with E-state index in [2.05, 4.69) is 13.8 Å². The molecule has 2 bridgehead atoms. The minimum absolute atomic E-state index is 0.0329. The minimum atomic E-state index is -0.571. The van der Waals surface area contributed by atoms with E-state index in [1.807, 2.05) is 7.11 Å². The molecule has 26 heavy (non-hydrogen) atoms. The maximum atomic E-state index is 13.0. The van der Waals surface area contributed by atoms with Crippen molar-refractivity contribution >= 4 is 15.7 Å². The van der Waals surface area contributed by atoms with E-state index in [-0.39, 0.29) is 34.6 Å². The van der Waals surface area contributed by atoms with Crippen LogP contribution in [0.1, 0.15) is 58.8 Å². The zero-order valence-electron chi connectivity index (χ0n) is 15.9. The van der Waals surface area contributed by atoms with Crippen molar-refractivity contribution in [2.75, 3.05) is 7.11 Å². The third-order valence-electron chi connectivity index (χ3n) is 9.14. The van der Waals surface area contributed by atoms with Crippen LogP contribution in [0.2, 0.25) is 0 Å². The van der Waals surface area contributed by atoms with Crippen LogP contribution in [0, 0.1) is 34.5 Å². The molecule has 0 aromatic carbocycles. The van der Waals surface area contributed by atoms with E-state index in [0.29, 0.717) is 30.6 Å². The zero-order chi connectivity index (χ0) is 18.5. The van der Waals surface area contributed by atoms with Crippen LogP contribution in [0.15, 0.2) is 0 Å². The molecular weight excluding hydrogens is 500 g/mol. The van der Waals surface area contributed by atoms with Gasteiger partial charge in [0.25, 0.3) is 0 Å². The number of ketones is 1. The topological polar surface area (TPSA) is 52.6 Å². The van der Waals surface area contributed by atoms with E-state index in [9.17, 15) is 9.59 Å². The Morgan fingerprint density at radius 2 is 1.96 bits per heavy atom. The Morgan fingerprint density at radius 3 is 2.69 bits per heavy atom. The summed E-state index contributed by atoms with van der Waals surface area (Å²) in [5.74, 6) is 1.42. The van der Waals surface area contributed by atoms with Crippen LogP contribution in [-0.2, 0) is 38.4 Å². The molecule has 5 heteroatoms. The van der Waals surface area contributed by atoms with E-state index >= 15 is 0 Å². The van der Waals surface area contributed by atoms with Crippen molar-refractivity contribution in [3.05, 3.63) is 0 Å². The van der Waals surface area contributed by atoms with Crippen molar-refractivity contribution in [1.29, 1.82) is 0 Å². The number of Topliss-reactive ketones (excluding diaryl/α,β-unsaturated/α-hetero) is 1. The normalized spacial score (nSPS) is 55.2. The van der Waals surface area contributed by atoms with Gasteiger partial charge in [-0.25, -0.2) is 0 Å². The molecule has 0 N–H and O–H groups in total. The van der Waals surface area contributed by atoms with Gasteiger partial charge in [-0.3, -0.25) is 0 Å². The molecule has 142 valence electrons. The number of hydrogen-bond acceptors (Lipinski definition) is 4. The molecule has 1 saturated heterocycles. The van der Waals surface area contributed by atoms with Gasteiger partial charge in [-0.15, -0.1) is 0 Å². The van der Waals surface area contributed by atoms with E-state index in [1.165, 1.54) is 12.8 Å². The van der Waals surface area contributed by atoms with E-state index in [0.717, 1.165) is 19.3 Å². The Bertz CT molecular complexity index is 719. The van der Waals surface area contributed by atoms with Gasteiger partial charge in [-0.05, 0) is 0 Å². The van der Waals surface area contributed by atoms with Crippen LogP contribution in [0.4, 0.5) is 0 Å². The average Bonchev–Trinajstić information content (AvgIpc) is 3.05. The second kappa shape index (κ2) is 5.38. The summed E-state index contributed by atoms with van der Waals surface area (Å²) in [4.78, 5) is 25.3. The Morgan fingerprint density at radius 1 is 1.19 bits per heavy atom. The van der Waals surface area contributed by atoms with Gasteiger partial charge in [0.15, 0.2) is 0 Å². The number of esters is 1. The summed E-state index contributed by atoms with van der Waals surface area (Å²) in [6.07, 6.45) is 6.27. The van der Waals surface area contributed by atoms with Gasteiger partial charge in [-0.2, -0.15) is 0 Å². The fraction of sp³-hybridized carbons (Fsp3) is 0.857. The van der Waals surface area contributed by atoms with Crippen LogP contribution in [0.25, 0.3) is 0 Å². The molecule has 4 nitrogen and oxygen atoms in total. The monoisotopic (exact) mass is 528 g/mol. The Labute approximate surface area is 166 Å². The van der Waals surface area contributed by atoms with Crippen molar-refractivity contribution in [3.8, 4) is 0 Å². The fourth-order valence-electron chi connectivity index (χ4n) is 7.82. The van der Waals surface area contributed by atoms with Crippen LogP contribution >= 0.6 is 0 Å². The number of carbonyl (C=O) groups is 2. The predicted octanol–water partition coefficient (Wildman–Crippen LogP) is 2.85. The number of ether oxygens (including phenoxy) is 2. The molecule has 8 atom stereocenters. The van der Waals surface area contributed by atoms with Gasteiger partial charge in [0, 0.05) is 0 Å². The zero-order valence-corrected chi connectivity index (χ0v) is 18.8. The third kappa shape index (κ3) is 1.91.